The predicted octanol–water partition coefficient (Wildman–Crippen LogP) is 1.16. The Hall–Kier alpha value is -1.70. The number of fused-ring (bicyclic) bond motifs is 1. The van der Waals surface area contributed by atoms with Gasteiger partial charge in [0, 0.05) is 13.0 Å². The molecule has 2 aromatic heterocycles. The zero-order chi connectivity index (χ0) is 14.1. The molecule has 0 aromatic carbocycles. The molecule has 1 unspecified atom stereocenters. The van der Waals surface area contributed by atoms with Crippen LogP contribution in [-0.2, 0) is 17.8 Å². The average molecular weight is 313 g/mol. The van der Waals surface area contributed by atoms with Gasteiger partial charge >= 0.3 is 0 Å². The summed E-state index contributed by atoms with van der Waals surface area (Å²) in [7, 11) is 0. The molecule has 20 heavy (non-hydrogen) atoms. The smallest absolute Gasteiger partial charge is 0.242 e. The molecule has 3 heterocycles. The van der Waals surface area contributed by atoms with Gasteiger partial charge in [-0.25, -0.2) is 15.0 Å². The molecule has 2 aromatic rings. The van der Waals surface area contributed by atoms with E-state index in [2.05, 4.69) is 30.6 Å². The number of nitrogens with zero attached hydrogens (tertiary/aromatic N) is 3. The molecule has 104 valence electrons. The molecule has 1 aliphatic heterocycles. The summed E-state index contributed by atoms with van der Waals surface area (Å²) in [5, 5.41) is 5.97. The van der Waals surface area contributed by atoms with E-state index in [4.69, 9.17) is 23.2 Å². The number of amides is 1. The van der Waals surface area contributed by atoms with Crippen molar-refractivity contribution in [2.24, 2.45) is 0 Å². The number of H-pyrrole nitrogens is 1. The molecule has 0 radical (unpaired) electrons. The lowest BCUT2D eigenvalue weighted by molar-refractivity contribution is -0.118. The van der Waals surface area contributed by atoms with Crippen LogP contribution in [0.2, 0.25) is 10.3 Å². The number of carbonyl (C=O) groups excluding carboxylic acids is 1. The lowest BCUT2D eigenvalue weighted by atomic mass is 10.0. The number of carbonyl (C=O) groups is 1. The second kappa shape index (κ2) is 5.35. The Kier molecular flexibility index (Phi) is 3.56. The van der Waals surface area contributed by atoms with Crippen molar-refractivity contribution in [1.82, 2.24) is 25.3 Å². The number of imidazole rings is 1. The molecule has 1 atom stereocenters. The van der Waals surface area contributed by atoms with Crippen LogP contribution in [0.3, 0.4) is 0 Å². The number of rotatable bonds is 2. The molecule has 3 rings (SSSR count). The normalized spacial score (nSPS) is 17.6. The fraction of sp³-hybridized carbons (Fsp3) is 0.273. The number of aromatic nitrogens is 4. The first kappa shape index (κ1) is 13.3. The summed E-state index contributed by atoms with van der Waals surface area (Å²) >= 11 is 11.8. The van der Waals surface area contributed by atoms with Gasteiger partial charge in [-0.3, -0.25) is 10.1 Å². The van der Waals surface area contributed by atoms with Crippen LogP contribution in [0.25, 0.3) is 0 Å². The Bertz CT molecular complexity index is 638. The highest BCUT2D eigenvalue weighted by molar-refractivity contribution is 6.38. The van der Waals surface area contributed by atoms with E-state index in [0.717, 1.165) is 11.4 Å². The third kappa shape index (κ3) is 2.47. The van der Waals surface area contributed by atoms with Gasteiger partial charge in [0.15, 0.2) is 10.3 Å². The minimum absolute atomic E-state index is 0.106. The van der Waals surface area contributed by atoms with Gasteiger partial charge in [0.1, 0.15) is 12.0 Å². The number of hydrogen-bond donors (Lipinski definition) is 3. The molecule has 0 saturated carbocycles. The fourth-order valence-electron chi connectivity index (χ4n) is 2.01. The standard InChI is InChI=1S/C11H10Cl2N6O/c12-9-8(10(13)18-4-17-9)19-11(20)6-1-5-7(2-14-6)16-3-15-5/h3-4,6,14H,1-2H2,(H,15,16)(H,19,20). The van der Waals surface area contributed by atoms with Crippen molar-refractivity contribution in [2.45, 2.75) is 19.0 Å². The van der Waals surface area contributed by atoms with Crippen LogP contribution in [-0.4, -0.2) is 31.9 Å². The number of hydrogen-bond acceptors (Lipinski definition) is 5. The third-order valence-electron chi connectivity index (χ3n) is 3.05. The maximum absolute atomic E-state index is 12.2. The first-order valence-corrected chi connectivity index (χ1v) is 6.62. The topological polar surface area (TPSA) is 95.6 Å². The van der Waals surface area contributed by atoms with Crippen molar-refractivity contribution in [3.8, 4) is 0 Å². The summed E-state index contributed by atoms with van der Waals surface area (Å²) < 4.78 is 0. The molecule has 0 aliphatic carbocycles. The molecular formula is C11H10Cl2N6O. The number of anilines is 1. The van der Waals surface area contributed by atoms with Gasteiger partial charge in [-0.15, -0.1) is 0 Å². The molecule has 1 aliphatic rings. The maximum atomic E-state index is 12.2. The predicted molar refractivity (Wildman–Crippen MR) is 73.6 cm³/mol. The molecule has 7 nitrogen and oxygen atoms in total. The number of nitrogens with one attached hydrogen (secondary N) is 3. The van der Waals surface area contributed by atoms with Gasteiger partial charge in [0.2, 0.25) is 5.91 Å². The molecule has 0 bridgehead atoms. The van der Waals surface area contributed by atoms with Crippen molar-refractivity contribution >= 4 is 34.8 Å². The van der Waals surface area contributed by atoms with Gasteiger partial charge in [-0.1, -0.05) is 23.2 Å². The summed E-state index contributed by atoms with van der Waals surface area (Å²) in [5.74, 6) is -0.253. The minimum Gasteiger partial charge on any atom is -0.347 e. The lowest BCUT2D eigenvalue weighted by Crippen LogP contribution is -2.44. The molecule has 0 fully saturated rings. The van der Waals surface area contributed by atoms with Crippen LogP contribution in [0.1, 0.15) is 11.4 Å². The summed E-state index contributed by atoms with van der Waals surface area (Å²) in [6, 6.07) is -0.405. The van der Waals surface area contributed by atoms with Crippen LogP contribution in [0.15, 0.2) is 12.7 Å². The minimum atomic E-state index is -0.405. The van der Waals surface area contributed by atoms with Crippen molar-refractivity contribution < 1.29 is 4.79 Å². The number of aromatic amines is 1. The Balaban J connectivity index is 1.75. The van der Waals surface area contributed by atoms with Gasteiger partial charge in [0.25, 0.3) is 0 Å². The summed E-state index contributed by atoms with van der Waals surface area (Å²) in [6.45, 7) is 0.556. The largest absolute Gasteiger partial charge is 0.347 e. The van der Waals surface area contributed by atoms with Crippen molar-refractivity contribution in [1.29, 1.82) is 0 Å². The zero-order valence-electron chi connectivity index (χ0n) is 10.2. The van der Waals surface area contributed by atoms with E-state index < -0.39 is 6.04 Å². The van der Waals surface area contributed by atoms with E-state index in [1.165, 1.54) is 6.33 Å². The Labute approximate surface area is 124 Å². The van der Waals surface area contributed by atoms with Crippen molar-refractivity contribution in [3.63, 3.8) is 0 Å². The van der Waals surface area contributed by atoms with Crippen LogP contribution < -0.4 is 10.6 Å². The third-order valence-corrected chi connectivity index (χ3v) is 3.62. The number of halogens is 2. The summed E-state index contributed by atoms with van der Waals surface area (Å²) in [4.78, 5) is 27.0. The highest BCUT2D eigenvalue weighted by Gasteiger charge is 2.26. The summed E-state index contributed by atoms with van der Waals surface area (Å²) in [5.41, 5.74) is 2.09. The molecule has 0 spiro atoms. The Morgan fingerprint density at radius 2 is 2.05 bits per heavy atom. The van der Waals surface area contributed by atoms with E-state index in [-0.39, 0.29) is 21.9 Å². The van der Waals surface area contributed by atoms with Gasteiger partial charge < -0.3 is 10.3 Å². The first-order valence-electron chi connectivity index (χ1n) is 5.86. The average Bonchev–Trinajstić information content (AvgIpc) is 2.90. The van der Waals surface area contributed by atoms with Crippen molar-refractivity contribution in [2.75, 3.05) is 5.32 Å². The highest BCUT2D eigenvalue weighted by atomic mass is 35.5. The quantitative estimate of drug-likeness (QED) is 0.723. The van der Waals surface area contributed by atoms with E-state index >= 15 is 0 Å². The Morgan fingerprint density at radius 1 is 1.30 bits per heavy atom. The van der Waals surface area contributed by atoms with Gasteiger partial charge in [-0.05, 0) is 0 Å². The second-order valence-electron chi connectivity index (χ2n) is 4.28. The van der Waals surface area contributed by atoms with Crippen molar-refractivity contribution in [3.05, 3.63) is 34.3 Å². The van der Waals surface area contributed by atoms with E-state index in [9.17, 15) is 4.79 Å². The monoisotopic (exact) mass is 312 g/mol. The van der Waals surface area contributed by atoms with Crippen LogP contribution in [0.4, 0.5) is 5.69 Å². The van der Waals surface area contributed by atoms with Gasteiger partial charge in [0.05, 0.1) is 23.8 Å². The molecule has 3 N–H and O–H groups in total. The molecular weight excluding hydrogens is 303 g/mol. The van der Waals surface area contributed by atoms with E-state index in [1.807, 2.05) is 0 Å². The van der Waals surface area contributed by atoms with Crippen LogP contribution in [0, 0.1) is 0 Å². The first-order chi connectivity index (χ1) is 9.65. The second-order valence-corrected chi connectivity index (χ2v) is 5.00. The van der Waals surface area contributed by atoms with Crippen LogP contribution >= 0.6 is 23.2 Å². The highest BCUT2D eigenvalue weighted by Crippen LogP contribution is 2.26. The van der Waals surface area contributed by atoms with E-state index in [1.54, 1.807) is 6.33 Å². The lowest BCUT2D eigenvalue weighted by Gasteiger charge is -2.22. The summed E-state index contributed by atoms with van der Waals surface area (Å²) in [6.07, 6.45) is 3.34. The van der Waals surface area contributed by atoms with Crippen LogP contribution in [0.5, 0.6) is 0 Å². The van der Waals surface area contributed by atoms with Gasteiger partial charge in [-0.2, -0.15) is 0 Å². The molecule has 9 heteroatoms. The molecule has 1 amide bonds. The maximum Gasteiger partial charge on any atom is 0.242 e. The Morgan fingerprint density at radius 3 is 2.80 bits per heavy atom. The fourth-order valence-corrected chi connectivity index (χ4v) is 2.42. The SMILES string of the molecule is O=C(Nc1c(Cl)ncnc1Cl)C1Cc2nc[nH]c2CN1. The van der Waals surface area contributed by atoms with E-state index in [0.29, 0.717) is 13.0 Å². The molecule has 0 saturated heterocycles. The zero-order valence-corrected chi connectivity index (χ0v) is 11.7.